The third-order valence-corrected chi connectivity index (χ3v) is 5.01. The number of nitrogens with one attached hydrogen (secondary N) is 1. The van der Waals surface area contributed by atoms with Crippen LogP contribution in [0, 0.1) is 0 Å². The molecular formula is C23H31N3O4. The van der Waals surface area contributed by atoms with Crippen molar-refractivity contribution in [1.82, 2.24) is 4.90 Å². The highest BCUT2D eigenvalue weighted by atomic mass is 16.5. The number of piperazine rings is 1. The second-order valence-corrected chi connectivity index (χ2v) is 7.03. The van der Waals surface area contributed by atoms with Crippen LogP contribution in [0.25, 0.3) is 0 Å². The summed E-state index contributed by atoms with van der Waals surface area (Å²) in [5, 5.41) is 2.98. The molecule has 1 aliphatic rings. The van der Waals surface area contributed by atoms with Crippen molar-refractivity contribution >= 4 is 17.3 Å². The number of carbonyl (C=O) groups is 1. The van der Waals surface area contributed by atoms with Crippen LogP contribution in [-0.4, -0.2) is 63.9 Å². The van der Waals surface area contributed by atoms with Gasteiger partial charge in [0.15, 0.2) is 0 Å². The zero-order valence-corrected chi connectivity index (χ0v) is 18.0. The quantitative estimate of drug-likeness (QED) is 0.681. The molecule has 7 nitrogen and oxygen atoms in total. The van der Waals surface area contributed by atoms with Crippen LogP contribution >= 0.6 is 0 Å². The van der Waals surface area contributed by atoms with Gasteiger partial charge in [-0.2, -0.15) is 0 Å². The number of rotatable bonds is 9. The van der Waals surface area contributed by atoms with Crippen molar-refractivity contribution in [3.8, 4) is 17.2 Å². The third kappa shape index (κ3) is 5.79. The molecule has 0 radical (unpaired) electrons. The summed E-state index contributed by atoms with van der Waals surface area (Å²) in [6.07, 6.45) is 0. The van der Waals surface area contributed by atoms with Crippen molar-refractivity contribution in [3.63, 3.8) is 0 Å². The molecule has 2 aromatic carbocycles. The van der Waals surface area contributed by atoms with E-state index in [0.717, 1.165) is 31.9 Å². The van der Waals surface area contributed by atoms with Gasteiger partial charge in [0, 0.05) is 37.9 Å². The Balaban J connectivity index is 1.54. The van der Waals surface area contributed by atoms with Gasteiger partial charge in [0.25, 0.3) is 0 Å². The number of hydrogen-bond acceptors (Lipinski definition) is 6. The molecule has 0 spiro atoms. The molecule has 1 heterocycles. The zero-order valence-electron chi connectivity index (χ0n) is 18.0. The number of hydrogen-bond donors (Lipinski definition) is 1. The van der Waals surface area contributed by atoms with Crippen LogP contribution in [0.1, 0.15) is 13.8 Å². The number of methoxy groups -OCH3 is 1. The van der Waals surface area contributed by atoms with E-state index in [-0.39, 0.29) is 5.91 Å². The maximum absolute atomic E-state index is 12.7. The Morgan fingerprint density at radius 2 is 1.60 bits per heavy atom. The first-order valence-electron chi connectivity index (χ1n) is 10.4. The average molecular weight is 414 g/mol. The Labute approximate surface area is 178 Å². The zero-order chi connectivity index (χ0) is 21.3. The van der Waals surface area contributed by atoms with Crippen LogP contribution in [0.5, 0.6) is 17.2 Å². The molecule has 1 aliphatic heterocycles. The lowest BCUT2D eigenvalue weighted by molar-refractivity contribution is -0.117. The lowest BCUT2D eigenvalue weighted by Crippen LogP contribution is -2.48. The van der Waals surface area contributed by atoms with E-state index in [4.69, 9.17) is 14.2 Å². The van der Waals surface area contributed by atoms with E-state index >= 15 is 0 Å². The lowest BCUT2D eigenvalue weighted by Gasteiger charge is -2.35. The van der Waals surface area contributed by atoms with Crippen LogP contribution in [0.15, 0.2) is 42.5 Å². The Hall–Kier alpha value is -2.93. The first kappa shape index (κ1) is 21.8. The predicted octanol–water partition coefficient (Wildman–Crippen LogP) is 3.25. The van der Waals surface area contributed by atoms with Crippen molar-refractivity contribution in [2.45, 2.75) is 13.8 Å². The monoisotopic (exact) mass is 413 g/mol. The van der Waals surface area contributed by atoms with Crippen molar-refractivity contribution in [2.24, 2.45) is 0 Å². The summed E-state index contributed by atoms with van der Waals surface area (Å²) in [5.74, 6) is 2.17. The molecule has 0 bridgehead atoms. The van der Waals surface area contributed by atoms with Gasteiger partial charge in [-0.15, -0.1) is 0 Å². The number of benzene rings is 2. The van der Waals surface area contributed by atoms with Gasteiger partial charge in [-0.3, -0.25) is 9.69 Å². The summed E-state index contributed by atoms with van der Waals surface area (Å²) in [4.78, 5) is 17.1. The molecular weight excluding hydrogens is 382 g/mol. The molecule has 1 saturated heterocycles. The molecule has 0 atom stereocenters. The highest BCUT2D eigenvalue weighted by Gasteiger charge is 2.20. The van der Waals surface area contributed by atoms with E-state index in [1.54, 1.807) is 7.11 Å². The molecule has 162 valence electrons. The standard InChI is InChI=1S/C23H31N3O4/c1-4-29-20-10-11-22(30-5-2)21(16-20)24-23(27)17-25-12-14-26(15-13-25)18-6-8-19(28-3)9-7-18/h6-11,16H,4-5,12-15,17H2,1-3H3,(H,24,27). The van der Waals surface area contributed by atoms with Crippen LogP contribution in [-0.2, 0) is 4.79 Å². The Morgan fingerprint density at radius 1 is 0.933 bits per heavy atom. The van der Waals surface area contributed by atoms with E-state index < -0.39 is 0 Å². The molecule has 0 aromatic heterocycles. The maximum Gasteiger partial charge on any atom is 0.238 e. The molecule has 30 heavy (non-hydrogen) atoms. The smallest absolute Gasteiger partial charge is 0.238 e. The molecule has 0 saturated carbocycles. The van der Waals surface area contributed by atoms with Crippen LogP contribution in [0.4, 0.5) is 11.4 Å². The number of nitrogens with zero attached hydrogens (tertiary/aromatic N) is 2. The second-order valence-electron chi connectivity index (χ2n) is 7.03. The van der Waals surface area contributed by atoms with E-state index in [0.29, 0.717) is 36.9 Å². The van der Waals surface area contributed by atoms with Crippen LogP contribution in [0.2, 0.25) is 0 Å². The van der Waals surface area contributed by atoms with Crippen molar-refractivity contribution in [3.05, 3.63) is 42.5 Å². The van der Waals surface area contributed by atoms with E-state index in [1.165, 1.54) is 5.69 Å². The molecule has 3 rings (SSSR count). The number of amides is 1. The van der Waals surface area contributed by atoms with Gasteiger partial charge in [-0.1, -0.05) is 0 Å². The van der Waals surface area contributed by atoms with Gasteiger partial charge in [-0.05, 0) is 50.2 Å². The fourth-order valence-electron chi connectivity index (χ4n) is 3.49. The van der Waals surface area contributed by atoms with Gasteiger partial charge in [-0.25, -0.2) is 0 Å². The van der Waals surface area contributed by atoms with E-state index in [9.17, 15) is 4.79 Å². The summed E-state index contributed by atoms with van der Waals surface area (Å²) in [6, 6.07) is 13.6. The second kappa shape index (κ2) is 10.7. The lowest BCUT2D eigenvalue weighted by atomic mass is 10.2. The maximum atomic E-state index is 12.7. The SMILES string of the molecule is CCOc1ccc(OCC)c(NC(=O)CN2CCN(c3ccc(OC)cc3)CC2)c1. The molecule has 1 N–H and O–H groups in total. The highest BCUT2D eigenvalue weighted by molar-refractivity contribution is 5.94. The summed E-state index contributed by atoms with van der Waals surface area (Å²) >= 11 is 0. The highest BCUT2D eigenvalue weighted by Crippen LogP contribution is 2.29. The Morgan fingerprint density at radius 3 is 2.23 bits per heavy atom. The van der Waals surface area contributed by atoms with E-state index in [1.807, 2.05) is 44.2 Å². The fourth-order valence-corrected chi connectivity index (χ4v) is 3.49. The van der Waals surface area contributed by atoms with Crippen LogP contribution in [0.3, 0.4) is 0 Å². The Kier molecular flexibility index (Phi) is 7.79. The summed E-state index contributed by atoms with van der Waals surface area (Å²) in [7, 11) is 1.67. The molecule has 1 amide bonds. The minimum Gasteiger partial charge on any atom is -0.497 e. The predicted molar refractivity (Wildman–Crippen MR) is 119 cm³/mol. The number of carbonyl (C=O) groups excluding carboxylic acids is 1. The number of ether oxygens (including phenoxy) is 3. The first-order chi connectivity index (χ1) is 14.6. The Bertz CT molecular complexity index is 818. The normalized spacial score (nSPS) is 14.3. The van der Waals surface area contributed by atoms with Crippen molar-refractivity contribution < 1.29 is 19.0 Å². The van der Waals surface area contributed by atoms with Gasteiger partial charge in [0.2, 0.25) is 5.91 Å². The van der Waals surface area contributed by atoms with Crippen molar-refractivity contribution in [2.75, 3.05) is 63.3 Å². The van der Waals surface area contributed by atoms with E-state index in [2.05, 4.69) is 27.2 Å². The minimum atomic E-state index is -0.0532. The molecule has 0 aliphatic carbocycles. The molecule has 0 unspecified atom stereocenters. The van der Waals surface area contributed by atoms with Crippen molar-refractivity contribution in [1.29, 1.82) is 0 Å². The summed E-state index contributed by atoms with van der Waals surface area (Å²) < 4.78 is 16.4. The number of anilines is 2. The first-order valence-corrected chi connectivity index (χ1v) is 10.4. The average Bonchev–Trinajstić information content (AvgIpc) is 2.76. The van der Waals surface area contributed by atoms with Crippen LogP contribution < -0.4 is 24.4 Å². The topological polar surface area (TPSA) is 63.3 Å². The van der Waals surface area contributed by atoms with Gasteiger partial charge >= 0.3 is 0 Å². The third-order valence-electron chi connectivity index (χ3n) is 5.01. The summed E-state index contributed by atoms with van der Waals surface area (Å²) in [5.41, 5.74) is 1.82. The summed E-state index contributed by atoms with van der Waals surface area (Å²) in [6.45, 7) is 8.72. The van der Waals surface area contributed by atoms with Gasteiger partial charge in [0.05, 0.1) is 32.6 Å². The molecule has 1 fully saturated rings. The minimum absolute atomic E-state index is 0.0532. The van der Waals surface area contributed by atoms with Gasteiger partial charge < -0.3 is 24.4 Å². The molecule has 7 heteroatoms. The van der Waals surface area contributed by atoms with Gasteiger partial charge in [0.1, 0.15) is 17.2 Å². The molecule has 2 aromatic rings. The largest absolute Gasteiger partial charge is 0.497 e. The fraction of sp³-hybridized carbons (Fsp3) is 0.435.